The molecule has 0 radical (unpaired) electrons. The minimum absolute atomic E-state index is 0.338. The highest BCUT2D eigenvalue weighted by atomic mass is 16.7. The second-order valence-corrected chi connectivity index (χ2v) is 5.34. The Morgan fingerprint density at radius 2 is 1.96 bits per heavy atom. The minimum Gasteiger partial charge on any atom is -0.376 e. The van der Waals surface area contributed by atoms with Gasteiger partial charge in [-0.15, -0.1) is 0 Å². The van der Waals surface area contributed by atoms with Crippen molar-refractivity contribution in [2.45, 2.75) is 13.5 Å². The maximum Gasteiger partial charge on any atom is 0.348 e. The molecular formula is C17H18N4O2. The highest BCUT2D eigenvalue weighted by molar-refractivity contribution is 5.98. The van der Waals surface area contributed by atoms with Gasteiger partial charge in [0.2, 0.25) is 5.90 Å². The summed E-state index contributed by atoms with van der Waals surface area (Å²) in [6, 6.07) is 17.0. The summed E-state index contributed by atoms with van der Waals surface area (Å²) in [7, 11) is 0. The summed E-state index contributed by atoms with van der Waals surface area (Å²) in [6.07, 6.45) is 0. The summed E-state index contributed by atoms with van der Waals surface area (Å²) in [5, 5.41) is 4.53. The molecule has 2 N–H and O–H groups in total. The lowest BCUT2D eigenvalue weighted by atomic mass is 10.1. The van der Waals surface area contributed by atoms with Gasteiger partial charge in [-0.3, -0.25) is 0 Å². The normalized spacial score (nSPS) is 16.3. The first-order chi connectivity index (χ1) is 11.2. The number of amides is 2. The molecule has 0 spiro atoms. The van der Waals surface area contributed by atoms with E-state index in [9.17, 15) is 4.79 Å². The fraction of sp³-hybridized carbons (Fsp3) is 0.176. The number of carbonyl (C=O) groups excluding carboxylic acids is 1. The van der Waals surface area contributed by atoms with Crippen molar-refractivity contribution in [3.63, 3.8) is 0 Å². The van der Waals surface area contributed by atoms with Crippen LogP contribution in [-0.2, 0) is 11.4 Å². The smallest absolute Gasteiger partial charge is 0.348 e. The molecule has 1 fully saturated rings. The Morgan fingerprint density at radius 3 is 2.70 bits per heavy atom. The Balaban J connectivity index is 1.54. The predicted octanol–water partition coefficient (Wildman–Crippen LogP) is 2.88. The van der Waals surface area contributed by atoms with Crippen molar-refractivity contribution >= 4 is 17.6 Å². The number of hydrogen-bond acceptors (Lipinski definition) is 4. The quantitative estimate of drug-likeness (QED) is 0.915. The molecule has 2 amide bonds. The van der Waals surface area contributed by atoms with Crippen molar-refractivity contribution in [1.29, 1.82) is 0 Å². The van der Waals surface area contributed by atoms with Crippen LogP contribution in [0, 0.1) is 6.92 Å². The molecule has 0 bridgehead atoms. The fourth-order valence-corrected chi connectivity index (χ4v) is 2.19. The molecule has 1 saturated heterocycles. The Hall–Kier alpha value is -2.70. The maximum absolute atomic E-state index is 11.8. The van der Waals surface area contributed by atoms with E-state index < -0.39 is 6.03 Å². The van der Waals surface area contributed by atoms with E-state index in [4.69, 9.17) is 4.84 Å². The van der Waals surface area contributed by atoms with Crippen molar-refractivity contribution in [3.8, 4) is 0 Å². The van der Waals surface area contributed by atoms with Gasteiger partial charge in [-0.25, -0.2) is 4.79 Å². The second-order valence-electron chi connectivity index (χ2n) is 5.34. The van der Waals surface area contributed by atoms with Gasteiger partial charge >= 0.3 is 6.03 Å². The molecule has 23 heavy (non-hydrogen) atoms. The van der Waals surface area contributed by atoms with Crippen LogP contribution in [0.4, 0.5) is 10.5 Å². The number of rotatable bonds is 3. The number of aryl methyl sites for hydroxylation is 1. The molecule has 0 saturated carbocycles. The SMILES string of the molecule is Cc1ccc(CN2C/C(=N\C(=O)Nc3ccccc3)ON2)cc1. The van der Waals surface area contributed by atoms with Gasteiger partial charge in [0.1, 0.15) is 0 Å². The number of hydrogen-bond donors (Lipinski definition) is 2. The van der Waals surface area contributed by atoms with Crippen LogP contribution in [0.1, 0.15) is 11.1 Å². The van der Waals surface area contributed by atoms with E-state index in [1.165, 1.54) is 5.56 Å². The molecule has 1 aliphatic heterocycles. The van der Waals surface area contributed by atoms with Crippen LogP contribution in [0.15, 0.2) is 59.6 Å². The summed E-state index contributed by atoms with van der Waals surface area (Å²) in [6.45, 7) is 3.15. The Labute approximate surface area is 134 Å². The van der Waals surface area contributed by atoms with Crippen LogP contribution in [0.3, 0.4) is 0 Å². The number of anilines is 1. The first-order valence-electron chi connectivity index (χ1n) is 7.35. The van der Waals surface area contributed by atoms with Gasteiger partial charge in [0.15, 0.2) is 0 Å². The Kier molecular flexibility index (Phi) is 4.65. The molecule has 6 heteroatoms. The lowest BCUT2D eigenvalue weighted by molar-refractivity contribution is 0.0497. The molecule has 0 aromatic heterocycles. The Morgan fingerprint density at radius 1 is 1.22 bits per heavy atom. The van der Waals surface area contributed by atoms with Crippen molar-refractivity contribution in [3.05, 3.63) is 65.7 Å². The largest absolute Gasteiger partial charge is 0.376 e. The molecule has 0 aliphatic carbocycles. The zero-order valence-corrected chi connectivity index (χ0v) is 12.8. The van der Waals surface area contributed by atoms with E-state index in [-0.39, 0.29) is 0 Å². The van der Waals surface area contributed by atoms with E-state index >= 15 is 0 Å². The average molecular weight is 310 g/mol. The van der Waals surface area contributed by atoms with Gasteiger partial charge in [0, 0.05) is 12.2 Å². The van der Waals surface area contributed by atoms with E-state index in [0.717, 1.165) is 5.56 Å². The fourth-order valence-electron chi connectivity index (χ4n) is 2.19. The van der Waals surface area contributed by atoms with E-state index in [2.05, 4.69) is 47.1 Å². The molecule has 1 heterocycles. The molecule has 1 aliphatic rings. The standard InChI is InChI=1S/C17H18N4O2/c1-13-7-9-14(10-8-13)11-21-12-16(23-20-21)19-17(22)18-15-5-3-2-4-6-15/h2-10,20H,11-12H2,1H3,(H,18,22)/b19-16+. The van der Waals surface area contributed by atoms with E-state index in [1.54, 1.807) is 12.1 Å². The predicted molar refractivity (Wildman–Crippen MR) is 88.7 cm³/mol. The maximum atomic E-state index is 11.8. The van der Waals surface area contributed by atoms with Crippen LogP contribution in [0.2, 0.25) is 0 Å². The van der Waals surface area contributed by atoms with Gasteiger partial charge in [-0.05, 0) is 24.6 Å². The highest BCUT2D eigenvalue weighted by Gasteiger charge is 2.20. The molecule has 2 aromatic rings. The number of carbonyl (C=O) groups is 1. The molecular weight excluding hydrogens is 292 g/mol. The topological polar surface area (TPSA) is 66.0 Å². The number of hydrazine groups is 1. The van der Waals surface area contributed by atoms with Gasteiger partial charge in [-0.2, -0.15) is 10.0 Å². The summed E-state index contributed by atoms with van der Waals surface area (Å²) in [4.78, 5) is 21.0. The molecule has 2 aromatic carbocycles. The minimum atomic E-state index is -0.454. The third-order valence-corrected chi connectivity index (χ3v) is 3.36. The molecule has 118 valence electrons. The first kappa shape index (κ1) is 15.2. The number of para-hydroxylation sites is 1. The van der Waals surface area contributed by atoms with Crippen LogP contribution in [-0.4, -0.2) is 23.5 Å². The van der Waals surface area contributed by atoms with Crippen LogP contribution in [0.5, 0.6) is 0 Å². The summed E-state index contributed by atoms with van der Waals surface area (Å²) >= 11 is 0. The molecule has 0 unspecified atom stereocenters. The molecule has 6 nitrogen and oxygen atoms in total. The summed E-state index contributed by atoms with van der Waals surface area (Å²) in [5.41, 5.74) is 5.84. The second kappa shape index (κ2) is 7.04. The molecule has 0 atom stereocenters. The van der Waals surface area contributed by atoms with Crippen molar-refractivity contribution in [2.75, 3.05) is 11.9 Å². The Bertz CT molecular complexity index is 698. The van der Waals surface area contributed by atoms with Crippen LogP contribution < -0.4 is 10.9 Å². The average Bonchev–Trinajstić information content (AvgIpc) is 2.97. The zero-order valence-electron chi connectivity index (χ0n) is 12.8. The zero-order chi connectivity index (χ0) is 16.1. The third-order valence-electron chi connectivity index (χ3n) is 3.36. The summed E-state index contributed by atoms with van der Waals surface area (Å²) in [5.74, 6) is 0.338. The van der Waals surface area contributed by atoms with Crippen LogP contribution in [0.25, 0.3) is 0 Å². The number of aliphatic imine (C=N–C) groups is 1. The van der Waals surface area contributed by atoms with Crippen LogP contribution >= 0.6 is 0 Å². The van der Waals surface area contributed by atoms with Crippen molar-refractivity contribution in [1.82, 2.24) is 10.6 Å². The van der Waals surface area contributed by atoms with Gasteiger partial charge < -0.3 is 10.2 Å². The van der Waals surface area contributed by atoms with Crippen molar-refractivity contribution < 1.29 is 9.63 Å². The van der Waals surface area contributed by atoms with Gasteiger partial charge in [0.05, 0.1) is 6.54 Å². The monoisotopic (exact) mass is 310 g/mol. The van der Waals surface area contributed by atoms with Crippen molar-refractivity contribution in [2.24, 2.45) is 4.99 Å². The summed E-state index contributed by atoms with van der Waals surface area (Å²) < 4.78 is 0. The van der Waals surface area contributed by atoms with Gasteiger partial charge in [-0.1, -0.05) is 53.6 Å². The third kappa shape index (κ3) is 4.38. The van der Waals surface area contributed by atoms with E-state index in [1.807, 2.05) is 23.2 Å². The molecule has 3 rings (SSSR count). The number of urea groups is 1. The lowest BCUT2D eigenvalue weighted by Crippen LogP contribution is -2.29. The first-order valence-corrected chi connectivity index (χ1v) is 7.35. The van der Waals surface area contributed by atoms with Gasteiger partial charge in [0.25, 0.3) is 0 Å². The lowest BCUT2D eigenvalue weighted by Gasteiger charge is -2.11. The highest BCUT2D eigenvalue weighted by Crippen LogP contribution is 2.09. The van der Waals surface area contributed by atoms with E-state index in [0.29, 0.717) is 24.7 Å². The number of nitrogens with one attached hydrogen (secondary N) is 2. The number of nitrogens with zero attached hydrogens (tertiary/aromatic N) is 2. The number of benzene rings is 2.